The van der Waals surface area contributed by atoms with Crippen LogP contribution in [0.1, 0.15) is 26.7 Å². The van der Waals surface area contributed by atoms with E-state index in [1.54, 1.807) is 12.7 Å². The minimum Gasteiger partial charge on any atom is -0.372 e. The van der Waals surface area contributed by atoms with Gasteiger partial charge in [-0.15, -0.1) is 0 Å². The molecule has 2 aliphatic heterocycles. The molecule has 0 unspecified atom stereocenters. The molecule has 0 N–H and O–H groups in total. The van der Waals surface area contributed by atoms with Crippen LogP contribution in [0, 0.1) is 5.92 Å². The van der Waals surface area contributed by atoms with Crippen molar-refractivity contribution in [3.8, 4) is 0 Å². The summed E-state index contributed by atoms with van der Waals surface area (Å²) in [5, 5.41) is 4.18. The molecule has 2 fully saturated rings. The number of aromatic nitrogens is 3. The maximum atomic E-state index is 12.6. The molecule has 1 aromatic heterocycles. The van der Waals surface area contributed by atoms with Crippen molar-refractivity contribution >= 4 is 5.91 Å². The molecule has 1 aromatic rings. The molecule has 3 rings (SSSR count). The molecule has 23 heavy (non-hydrogen) atoms. The highest BCUT2D eigenvalue weighted by atomic mass is 16.5. The Morgan fingerprint density at radius 3 is 2.74 bits per heavy atom. The first-order chi connectivity index (χ1) is 11.1. The van der Waals surface area contributed by atoms with Crippen LogP contribution in [0.5, 0.6) is 0 Å². The first-order valence-electron chi connectivity index (χ1n) is 8.58. The largest absolute Gasteiger partial charge is 0.372 e. The maximum Gasteiger partial charge on any atom is 0.236 e. The van der Waals surface area contributed by atoms with Crippen LogP contribution in [-0.2, 0) is 16.1 Å². The number of carbonyl (C=O) groups excluding carboxylic acids is 1. The minimum atomic E-state index is 0.129. The van der Waals surface area contributed by atoms with Crippen molar-refractivity contribution in [2.45, 2.75) is 45.4 Å². The van der Waals surface area contributed by atoms with Gasteiger partial charge in [0.1, 0.15) is 12.7 Å². The van der Waals surface area contributed by atoms with E-state index >= 15 is 0 Å². The van der Waals surface area contributed by atoms with Gasteiger partial charge in [-0.3, -0.25) is 14.4 Å². The van der Waals surface area contributed by atoms with E-state index in [4.69, 9.17) is 4.74 Å². The minimum absolute atomic E-state index is 0.129. The molecule has 0 spiro atoms. The van der Waals surface area contributed by atoms with Crippen molar-refractivity contribution in [2.75, 3.05) is 32.7 Å². The fourth-order valence-electron chi connectivity index (χ4n) is 3.71. The van der Waals surface area contributed by atoms with Gasteiger partial charge in [-0.05, 0) is 39.2 Å². The topological polar surface area (TPSA) is 63.5 Å². The zero-order valence-electron chi connectivity index (χ0n) is 14.1. The Bertz CT molecular complexity index is 497. The number of hydrogen-bond acceptors (Lipinski definition) is 5. The average molecular weight is 321 g/mol. The summed E-state index contributed by atoms with van der Waals surface area (Å²) in [6, 6.07) is 0. The van der Waals surface area contributed by atoms with Crippen LogP contribution >= 0.6 is 0 Å². The van der Waals surface area contributed by atoms with E-state index in [0.29, 0.717) is 25.6 Å². The predicted molar refractivity (Wildman–Crippen MR) is 85.8 cm³/mol. The zero-order chi connectivity index (χ0) is 16.2. The molecule has 1 amide bonds. The molecule has 3 heterocycles. The molecular formula is C16H27N5O2. The quantitative estimate of drug-likeness (QED) is 0.814. The lowest BCUT2D eigenvalue weighted by molar-refractivity contribution is -0.144. The predicted octanol–water partition coefficient (Wildman–Crippen LogP) is 0.626. The number of morpholine rings is 1. The summed E-state index contributed by atoms with van der Waals surface area (Å²) in [4.78, 5) is 20.8. The molecule has 2 saturated heterocycles. The molecule has 0 radical (unpaired) electrons. The van der Waals surface area contributed by atoms with Crippen LogP contribution in [0.4, 0.5) is 0 Å². The van der Waals surface area contributed by atoms with Crippen LogP contribution in [0.15, 0.2) is 12.7 Å². The number of piperidine rings is 1. The van der Waals surface area contributed by atoms with Gasteiger partial charge in [0.25, 0.3) is 0 Å². The van der Waals surface area contributed by atoms with Gasteiger partial charge < -0.3 is 9.64 Å². The van der Waals surface area contributed by atoms with Crippen molar-refractivity contribution in [1.82, 2.24) is 24.6 Å². The molecule has 0 aliphatic carbocycles. The number of likely N-dealkylation sites (tertiary alicyclic amines) is 1. The second-order valence-electron chi connectivity index (χ2n) is 6.92. The standard InChI is InChI=1S/C16H27N5O2/c1-13-6-20(7-14(2)23-13)16(22)10-19-5-3-4-15(8-19)9-21-12-17-11-18-21/h11-15H,3-10H2,1-2H3/t13-,14-,15+/m1/s1. The summed E-state index contributed by atoms with van der Waals surface area (Å²) in [6.07, 6.45) is 5.93. The Morgan fingerprint density at radius 1 is 1.26 bits per heavy atom. The highest BCUT2D eigenvalue weighted by molar-refractivity contribution is 5.78. The molecule has 2 aliphatic rings. The summed E-state index contributed by atoms with van der Waals surface area (Å²) < 4.78 is 7.60. The summed E-state index contributed by atoms with van der Waals surface area (Å²) in [7, 11) is 0. The number of amides is 1. The Morgan fingerprint density at radius 2 is 2.04 bits per heavy atom. The van der Waals surface area contributed by atoms with Gasteiger partial charge in [-0.1, -0.05) is 0 Å². The SMILES string of the molecule is C[C@@H]1CN(C(=O)CN2CCC[C@H](Cn3cncn3)C2)C[C@@H](C)O1. The highest BCUT2D eigenvalue weighted by Crippen LogP contribution is 2.18. The third-order valence-corrected chi connectivity index (χ3v) is 4.65. The molecule has 7 heteroatoms. The Labute approximate surface area is 137 Å². The highest BCUT2D eigenvalue weighted by Gasteiger charge is 2.28. The van der Waals surface area contributed by atoms with Crippen molar-refractivity contribution in [1.29, 1.82) is 0 Å². The summed E-state index contributed by atoms with van der Waals surface area (Å²) in [6.45, 7) is 8.86. The van der Waals surface area contributed by atoms with Crippen molar-refractivity contribution in [3.63, 3.8) is 0 Å². The van der Waals surface area contributed by atoms with E-state index in [2.05, 4.69) is 15.0 Å². The molecule has 0 saturated carbocycles. The van der Waals surface area contributed by atoms with E-state index < -0.39 is 0 Å². The van der Waals surface area contributed by atoms with Gasteiger partial charge in [0.2, 0.25) is 5.91 Å². The van der Waals surface area contributed by atoms with E-state index in [1.807, 2.05) is 23.4 Å². The van der Waals surface area contributed by atoms with Crippen LogP contribution in [0.2, 0.25) is 0 Å². The summed E-state index contributed by atoms with van der Waals surface area (Å²) in [5.74, 6) is 0.772. The molecule has 0 aromatic carbocycles. The lowest BCUT2D eigenvalue weighted by Crippen LogP contribution is -2.52. The zero-order valence-corrected chi connectivity index (χ0v) is 14.1. The summed E-state index contributed by atoms with van der Waals surface area (Å²) >= 11 is 0. The van der Waals surface area contributed by atoms with Crippen molar-refractivity contribution in [2.24, 2.45) is 5.92 Å². The van der Waals surface area contributed by atoms with Gasteiger partial charge in [0, 0.05) is 26.2 Å². The molecule has 128 valence electrons. The second kappa shape index (κ2) is 7.40. The van der Waals surface area contributed by atoms with Gasteiger partial charge in [-0.2, -0.15) is 5.10 Å². The van der Waals surface area contributed by atoms with E-state index in [1.165, 1.54) is 6.42 Å². The maximum absolute atomic E-state index is 12.6. The van der Waals surface area contributed by atoms with Crippen molar-refractivity contribution in [3.05, 3.63) is 12.7 Å². The number of ether oxygens (including phenoxy) is 1. The van der Waals surface area contributed by atoms with Crippen LogP contribution in [0.25, 0.3) is 0 Å². The number of carbonyl (C=O) groups is 1. The Hall–Kier alpha value is -1.47. The van der Waals surface area contributed by atoms with E-state index in [-0.39, 0.29) is 18.1 Å². The lowest BCUT2D eigenvalue weighted by Gasteiger charge is -2.38. The molecular weight excluding hydrogens is 294 g/mol. The normalized spacial score (nSPS) is 29.7. The van der Waals surface area contributed by atoms with Gasteiger partial charge in [0.05, 0.1) is 18.8 Å². The second-order valence-corrected chi connectivity index (χ2v) is 6.92. The third-order valence-electron chi connectivity index (χ3n) is 4.65. The Kier molecular flexibility index (Phi) is 5.27. The first-order valence-corrected chi connectivity index (χ1v) is 8.58. The van der Waals surface area contributed by atoms with Crippen molar-refractivity contribution < 1.29 is 9.53 Å². The molecule has 3 atom stereocenters. The molecule has 7 nitrogen and oxygen atoms in total. The smallest absolute Gasteiger partial charge is 0.236 e. The number of nitrogens with zero attached hydrogens (tertiary/aromatic N) is 5. The van der Waals surface area contributed by atoms with E-state index in [0.717, 1.165) is 26.1 Å². The number of hydrogen-bond donors (Lipinski definition) is 0. The van der Waals surface area contributed by atoms with Gasteiger partial charge in [0.15, 0.2) is 0 Å². The lowest BCUT2D eigenvalue weighted by atomic mass is 9.98. The third kappa shape index (κ3) is 4.51. The van der Waals surface area contributed by atoms with E-state index in [9.17, 15) is 4.79 Å². The van der Waals surface area contributed by atoms with Crippen LogP contribution < -0.4 is 0 Å². The van der Waals surface area contributed by atoms with Gasteiger partial charge >= 0.3 is 0 Å². The molecule has 0 bridgehead atoms. The van der Waals surface area contributed by atoms with Crippen LogP contribution in [0.3, 0.4) is 0 Å². The number of rotatable bonds is 4. The monoisotopic (exact) mass is 321 g/mol. The Balaban J connectivity index is 1.49. The fraction of sp³-hybridized carbons (Fsp3) is 0.812. The summed E-state index contributed by atoms with van der Waals surface area (Å²) in [5.41, 5.74) is 0. The first kappa shape index (κ1) is 16.4. The fourth-order valence-corrected chi connectivity index (χ4v) is 3.71. The van der Waals surface area contributed by atoms with Gasteiger partial charge in [-0.25, -0.2) is 4.98 Å². The van der Waals surface area contributed by atoms with Crippen LogP contribution in [-0.4, -0.2) is 75.4 Å². The average Bonchev–Trinajstić information content (AvgIpc) is 2.99.